The first-order valence-corrected chi connectivity index (χ1v) is 9.06. The summed E-state index contributed by atoms with van der Waals surface area (Å²) in [7, 11) is 0. The minimum absolute atomic E-state index is 0.0370. The van der Waals surface area contributed by atoms with Gasteiger partial charge in [-0.2, -0.15) is 0 Å². The first-order chi connectivity index (χ1) is 12.4. The van der Waals surface area contributed by atoms with E-state index in [2.05, 4.69) is 11.4 Å². The smallest absolute Gasteiger partial charge is 0.242 e. The largest absolute Gasteiger partial charge is 0.352 e. The van der Waals surface area contributed by atoms with Gasteiger partial charge in [-0.3, -0.25) is 9.59 Å². The van der Waals surface area contributed by atoms with E-state index in [4.69, 9.17) is 0 Å². The zero-order chi connectivity index (χ0) is 19.1. The average Bonchev–Trinajstić information content (AvgIpc) is 2.59. The Morgan fingerprint density at radius 3 is 2.23 bits per heavy atom. The molecule has 1 atom stereocenters. The summed E-state index contributed by atoms with van der Waals surface area (Å²) in [5, 5.41) is 2.91. The second-order valence-corrected chi connectivity index (χ2v) is 7.01. The quantitative estimate of drug-likeness (QED) is 0.829. The summed E-state index contributed by atoms with van der Waals surface area (Å²) in [6.45, 7) is 8.06. The summed E-state index contributed by atoms with van der Waals surface area (Å²) in [5.41, 5.74) is 3.11. The van der Waals surface area contributed by atoms with Gasteiger partial charge in [-0.1, -0.05) is 60.2 Å². The zero-order valence-corrected chi connectivity index (χ0v) is 16.0. The van der Waals surface area contributed by atoms with Gasteiger partial charge in [0.05, 0.1) is 6.42 Å². The third-order valence-corrected chi connectivity index (χ3v) is 4.23. The van der Waals surface area contributed by atoms with Gasteiger partial charge in [0.25, 0.3) is 0 Å². The topological polar surface area (TPSA) is 49.4 Å². The molecule has 1 N–H and O–H groups in total. The Labute approximate surface area is 156 Å². The van der Waals surface area contributed by atoms with Crippen LogP contribution >= 0.6 is 0 Å². The molecule has 0 aromatic heterocycles. The molecule has 0 unspecified atom stereocenters. The van der Waals surface area contributed by atoms with Crippen molar-refractivity contribution in [2.45, 2.75) is 52.7 Å². The minimum atomic E-state index is -0.533. The Hall–Kier alpha value is -2.62. The fraction of sp³-hybridized carbons (Fsp3) is 0.364. The highest BCUT2D eigenvalue weighted by Gasteiger charge is 2.26. The van der Waals surface area contributed by atoms with Crippen LogP contribution in [-0.2, 0) is 22.6 Å². The lowest BCUT2D eigenvalue weighted by Crippen LogP contribution is -2.49. The molecule has 0 aliphatic heterocycles. The highest BCUT2D eigenvalue weighted by atomic mass is 16.2. The van der Waals surface area contributed by atoms with E-state index in [0.717, 1.165) is 16.7 Å². The number of carbonyl (C=O) groups excluding carboxylic acids is 2. The Bertz CT molecular complexity index is 741. The molecule has 0 saturated heterocycles. The fourth-order valence-electron chi connectivity index (χ4n) is 2.87. The molecule has 0 aliphatic carbocycles. The van der Waals surface area contributed by atoms with E-state index < -0.39 is 6.04 Å². The molecule has 2 aromatic rings. The van der Waals surface area contributed by atoms with Gasteiger partial charge < -0.3 is 10.2 Å². The molecule has 26 heavy (non-hydrogen) atoms. The van der Waals surface area contributed by atoms with Crippen LogP contribution in [0.1, 0.15) is 37.5 Å². The van der Waals surface area contributed by atoms with Crippen LogP contribution in [0.3, 0.4) is 0 Å². The van der Waals surface area contributed by atoms with Crippen LogP contribution in [0.15, 0.2) is 54.6 Å². The van der Waals surface area contributed by atoms with E-state index in [1.165, 1.54) is 0 Å². The van der Waals surface area contributed by atoms with Crippen molar-refractivity contribution >= 4 is 11.8 Å². The van der Waals surface area contributed by atoms with Crippen molar-refractivity contribution in [2.75, 3.05) is 0 Å². The second kappa shape index (κ2) is 9.18. The maximum absolute atomic E-state index is 13.0. The molecular weight excluding hydrogens is 324 g/mol. The molecule has 0 aliphatic rings. The Morgan fingerprint density at radius 1 is 0.962 bits per heavy atom. The lowest BCUT2D eigenvalue weighted by atomic mass is 10.1. The molecule has 0 fully saturated rings. The first kappa shape index (κ1) is 19.7. The van der Waals surface area contributed by atoms with Crippen molar-refractivity contribution in [3.05, 3.63) is 71.3 Å². The van der Waals surface area contributed by atoms with Gasteiger partial charge in [0.1, 0.15) is 6.04 Å². The van der Waals surface area contributed by atoms with E-state index in [0.29, 0.717) is 6.54 Å². The highest BCUT2D eigenvalue weighted by Crippen LogP contribution is 2.14. The number of benzene rings is 2. The van der Waals surface area contributed by atoms with Gasteiger partial charge in [-0.15, -0.1) is 0 Å². The predicted molar refractivity (Wildman–Crippen MR) is 105 cm³/mol. The summed E-state index contributed by atoms with van der Waals surface area (Å²) >= 11 is 0. The lowest BCUT2D eigenvalue weighted by Gasteiger charge is -2.29. The summed E-state index contributed by atoms with van der Waals surface area (Å²) in [4.78, 5) is 27.1. The van der Waals surface area contributed by atoms with Gasteiger partial charge in [-0.05, 0) is 38.8 Å². The molecule has 0 spiro atoms. The molecule has 4 nitrogen and oxygen atoms in total. The summed E-state index contributed by atoms with van der Waals surface area (Å²) in [5.74, 6) is -0.182. The van der Waals surface area contributed by atoms with Crippen LogP contribution in [0.5, 0.6) is 0 Å². The third kappa shape index (κ3) is 5.73. The molecule has 2 rings (SSSR count). The number of hydrogen-bond donors (Lipinski definition) is 1. The number of amides is 2. The Balaban J connectivity index is 2.22. The van der Waals surface area contributed by atoms with Crippen LogP contribution < -0.4 is 5.32 Å². The Morgan fingerprint density at radius 2 is 1.62 bits per heavy atom. The number of aryl methyl sites for hydroxylation is 1. The molecule has 4 heteroatoms. The van der Waals surface area contributed by atoms with Crippen molar-refractivity contribution in [1.29, 1.82) is 0 Å². The van der Waals surface area contributed by atoms with Crippen molar-refractivity contribution in [2.24, 2.45) is 0 Å². The molecule has 138 valence electrons. The summed E-state index contributed by atoms with van der Waals surface area (Å²) < 4.78 is 0. The molecule has 0 radical (unpaired) electrons. The van der Waals surface area contributed by atoms with Crippen LogP contribution in [-0.4, -0.2) is 28.8 Å². The van der Waals surface area contributed by atoms with Crippen molar-refractivity contribution < 1.29 is 9.59 Å². The molecule has 0 bridgehead atoms. The van der Waals surface area contributed by atoms with Gasteiger partial charge >= 0.3 is 0 Å². The van der Waals surface area contributed by atoms with Crippen molar-refractivity contribution in [3.8, 4) is 0 Å². The summed E-state index contributed by atoms with van der Waals surface area (Å²) in [6.07, 6.45) is 0.284. The zero-order valence-electron chi connectivity index (χ0n) is 16.0. The monoisotopic (exact) mass is 352 g/mol. The lowest BCUT2D eigenvalue weighted by molar-refractivity contribution is -0.140. The standard InChI is InChI=1S/C22H28N2O2/c1-16(2)23-22(26)18(4)24(15-20-12-8-9-17(3)13-20)21(25)14-19-10-6-5-7-11-19/h5-13,16,18H,14-15H2,1-4H3,(H,23,26)/t18-/m0/s1. The molecule has 2 amide bonds. The molecule has 0 saturated carbocycles. The van der Waals surface area contributed by atoms with E-state index in [-0.39, 0.29) is 24.3 Å². The normalized spacial score (nSPS) is 11.9. The van der Waals surface area contributed by atoms with Gasteiger partial charge in [-0.25, -0.2) is 0 Å². The first-order valence-electron chi connectivity index (χ1n) is 9.06. The molecular formula is C22H28N2O2. The SMILES string of the molecule is Cc1cccc(CN(C(=O)Cc2ccccc2)[C@@H](C)C(=O)NC(C)C)c1. The van der Waals surface area contributed by atoms with E-state index in [9.17, 15) is 9.59 Å². The summed E-state index contributed by atoms with van der Waals surface area (Å²) in [6, 6.07) is 17.2. The average molecular weight is 352 g/mol. The minimum Gasteiger partial charge on any atom is -0.352 e. The number of rotatable bonds is 7. The number of nitrogens with one attached hydrogen (secondary N) is 1. The van der Waals surface area contributed by atoms with Gasteiger partial charge in [0.15, 0.2) is 0 Å². The highest BCUT2D eigenvalue weighted by molar-refractivity contribution is 5.88. The van der Waals surface area contributed by atoms with Crippen LogP contribution in [0.25, 0.3) is 0 Å². The van der Waals surface area contributed by atoms with Crippen molar-refractivity contribution in [1.82, 2.24) is 10.2 Å². The predicted octanol–water partition coefficient (Wildman–Crippen LogP) is 3.48. The third-order valence-electron chi connectivity index (χ3n) is 4.23. The molecule has 2 aromatic carbocycles. The van der Waals surface area contributed by atoms with E-state index in [1.54, 1.807) is 11.8 Å². The van der Waals surface area contributed by atoms with Crippen LogP contribution in [0.2, 0.25) is 0 Å². The molecule has 0 heterocycles. The van der Waals surface area contributed by atoms with E-state index in [1.807, 2.05) is 69.3 Å². The van der Waals surface area contributed by atoms with Crippen LogP contribution in [0.4, 0.5) is 0 Å². The maximum Gasteiger partial charge on any atom is 0.242 e. The van der Waals surface area contributed by atoms with Gasteiger partial charge in [0.2, 0.25) is 11.8 Å². The number of carbonyl (C=O) groups is 2. The van der Waals surface area contributed by atoms with Gasteiger partial charge in [0, 0.05) is 12.6 Å². The fourth-order valence-corrected chi connectivity index (χ4v) is 2.87. The second-order valence-electron chi connectivity index (χ2n) is 7.01. The van der Waals surface area contributed by atoms with Crippen molar-refractivity contribution in [3.63, 3.8) is 0 Å². The number of hydrogen-bond acceptors (Lipinski definition) is 2. The Kier molecular flexibility index (Phi) is 6.96. The van der Waals surface area contributed by atoms with E-state index >= 15 is 0 Å². The number of nitrogens with zero attached hydrogens (tertiary/aromatic N) is 1. The van der Waals surface area contributed by atoms with Crippen LogP contribution in [0, 0.1) is 6.92 Å². The maximum atomic E-state index is 13.0.